The highest BCUT2D eigenvalue weighted by Crippen LogP contribution is 2.26. The maximum absolute atomic E-state index is 4.55. The number of rotatable bonds is 6. The van der Waals surface area contributed by atoms with Crippen molar-refractivity contribution < 1.29 is 0 Å². The van der Waals surface area contributed by atoms with Crippen LogP contribution in [0.5, 0.6) is 0 Å². The second-order valence-electron chi connectivity index (χ2n) is 4.97. The maximum Gasteiger partial charge on any atom is 0.224 e. The molecule has 1 atom stereocenters. The first-order chi connectivity index (χ1) is 9.60. The van der Waals surface area contributed by atoms with Crippen molar-refractivity contribution in [3.05, 3.63) is 33.6 Å². The minimum Gasteiger partial charge on any atom is -0.362 e. The average Bonchev–Trinajstić information content (AvgIpc) is 2.86. The molecule has 5 heteroatoms. The first kappa shape index (κ1) is 14.8. The van der Waals surface area contributed by atoms with E-state index in [-0.39, 0.29) is 6.04 Å². The third kappa shape index (κ3) is 3.70. The molecular formula is C15H22N4S. The van der Waals surface area contributed by atoms with Crippen molar-refractivity contribution in [2.75, 3.05) is 17.2 Å². The van der Waals surface area contributed by atoms with Gasteiger partial charge in [-0.3, -0.25) is 0 Å². The molecule has 0 radical (unpaired) electrons. The van der Waals surface area contributed by atoms with Gasteiger partial charge in [-0.15, -0.1) is 11.3 Å². The lowest BCUT2D eigenvalue weighted by Crippen LogP contribution is -2.11. The molecule has 108 valence electrons. The minimum absolute atomic E-state index is 0.251. The molecule has 2 aromatic heterocycles. The van der Waals surface area contributed by atoms with Crippen molar-refractivity contribution in [2.24, 2.45) is 0 Å². The molecule has 0 aliphatic carbocycles. The molecule has 1 unspecified atom stereocenters. The Labute approximate surface area is 124 Å². The van der Waals surface area contributed by atoms with Gasteiger partial charge in [0.05, 0.1) is 6.04 Å². The van der Waals surface area contributed by atoms with Gasteiger partial charge in [0.25, 0.3) is 0 Å². The molecule has 0 aliphatic heterocycles. The molecule has 0 saturated heterocycles. The molecule has 0 aromatic carbocycles. The van der Waals surface area contributed by atoms with E-state index < -0.39 is 0 Å². The van der Waals surface area contributed by atoms with Crippen LogP contribution in [0.25, 0.3) is 0 Å². The zero-order chi connectivity index (χ0) is 14.5. The number of thiophene rings is 1. The molecule has 20 heavy (non-hydrogen) atoms. The van der Waals surface area contributed by atoms with Crippen molar-refractivity contribution in [1.29, 1.82) is 0 Å². The zero-order valence-electron chi connectivity index (χ0n) is 12.5. The molecule has 0 bridgehead atoms. The van der Waals surface area contributed by atoms with E-state index in [0.29, 0.717) is 5.95 Å². The molecule has 0 spiro atoms. The molecule has 2 aromatic rings. The van der Waals surface area contributed by atoms with Gasteiger partial charge in [-0.1, -0.05) is 6.92 Å². The Morgan fingerprint density at radius 3 is 2.75 bits per heavy atom. The van der Waals surface area contributed by atoms with Gasteiger partial charge in [0.1, 0.15) is 5.82 Å². The molecule has 2 rings (SSSR count). The number of anilines is 2. The number of nitrogens with zero attached hydrogens (tertiary/aromatic N) is 2. The van der Waals surface area contributed by atoms with E-state index in [1.807, 2.05) is 24.5 Å². The minimum atomic E-state index is 0.251. The Morgan fingerprint density at radius 1 is 1.30 bits per heavy atom. The fourth-order valence-corrected chi connectivity index (χ4v) is 2.75. The number of aryl methyl sites for hydroxylation is 2. The lowest BCUT2D eigenvalue weighted by Gasteiger charge is -2.15. The van der Waals surface area contributed by atoms with Crippen LogP contribution in [0.15, 0.2) is 18.3 Å². The lowest BCUT2D eigenvalue weighted by molar-refractivity contribution is 0.884. The van der Waals surface area contributed by atoms with Gasteiger partial charge in [0.15, 0.2) is 0 Å². The predicted octanol–water partition coefficient (Wildman–Crippen LogP) is 4.15. The molecule has 4 nitrogen and oxygen atoms in total. The summed E-state index contributed by atoms with van der Waals surface area (Å²) in [4.78, 5) is 11.5. The van der Waals surface area contributed by atoms with Gasteiger partial charge in [0.2, 0.25) is 5.95 Å². The van der Waals surface area contributed by atoms with Crippen LogP contribution in [-0.4, -0.2) is 16.5 Å². The molecule has 0 aliphatic rings. The van der Waals surface area contributed by atoms with E-state index in [0.717, 1.165) is 24.3 Å². The van der Waals surface area contributed by atoms with E-state index in [9.17, 15) is 0 Å². The smallest absolute Gasteiger partial charge is 0.224 e. The summed E-state index contributed by atoms with van der Waals surface area (Å²) in [5.74, 6) is 1.59. The van der Waals surface area contributed by atoms with Crippen LogP contribution in [0.3, 0.4) is 0 Å². The Morgan fingerprint density at radius 2 is 2.10 bits per heavy atom. The fraction of sp³-hybridized carbons (Fsp3) is 0.467. The number of aromatic nitrogens is 2. The van der Waals surface area contributed by atoms with Gasteiger partial charge in [-0.05, 0) is 39.3 Å². The first-order valence-electron chi connectivity index (χ1n) is 7.00. The largest absolute Gasteiger partial charge is 0.362 e. The van der Waals surface area contributed by atoms with E-state index in [2.05, 4.69) is 53.5 Å². The highest BCUT2D eigenvalue weighted by Gasteiger charge is 2.11. The van der Waals surface area contributed by atoms with Crippen LogP contribution in [0.4, 0.5) is 11.8 Å². The fourth-order valence-electron chi connectivity index (χ4n) is 1.87. The van der Waals surface area contributed by atoms with Crippen molar-refractivity contribution >= 4 is 23.1 Å². The van der Waals surface area contributed by atoms with E-state index in [1.165, 1.54) is 9.75 Å². The highest BCUT2D eigenvalue weighted by molar-refractivity contribution is 7.12. The molecular weight excluding hydrogens is 268 g/mol. The molecule has 0 amide bonds. The van der Waals surface area contributed by atoms with Crippen LogP contribution < -0.4 is 10.6 Å². The second kappa shape index (κ2) is 6.70. The summed E-state index contributed by atoms with van der Waals surface area (Å²) in [5, 5.41) is 6.70. The van der Waals surface area contributed by atoms with Crippen LogP contribution in [0, 0.1) is 13.8 Å². The van der Waals surface area contributed by atoms with E-state index in [4.69, 9.17) is 0 Å². The van der Waals surface area contributed by atoms with Gasteiger partial charge in [-0.2, -0.15) is 4.98 Å². The van der Waals surface area contributed by atoms with Crippen LogP contribution in [0.2, 0.25) is 0 Å². The third-order valence-electron chi connectivity index (χ3n) is 3.05. The Balaban J connectivity index is 2.11. The number of nitrogens with one attached hydrogen (secondary N) is 2. The van der Waals surface area contributed by atoms with Gasteiger partial charge in [-0.25, -0.2) is 4.98 Å². The summed E-state index contributed by atoms with van der Waals surface area (Å²) in [6, 6.07) is 4.57. The van der Waals surface area contributed by atoms with E-state index >= 15 is 0 Å². The van der Waals surface area contributed by atoms with Crippen LogP contribution >= 0.6 is 11.3 Å². The Bertz CT molecular complexity index is 565. The molecule has 2 N–H and O–H groups in total. The summed E-state index contributed by atoms with van der Waals surface area (Å²) in [6.07, 6.45) is 2.92. The number of hydrogen-bond donors (Lipinski definition) is 2. The summed E-state index contributed by atoms with van der Waals surface area (Å²) >= 11 is 1.82. The SMILES string of the molecule is CCCNc1ncc(C)c(NC(C)c2ccc(C)s2)n1. The Kier molecular flexibility index (Phi) is 4.95. The second-order valence-corrected chi connectivity index (χ2v) is 6.29. The van der Waals surface area contributed by atoms with Crippen molar-refractivity contribution in [2.45, 2.75) is 40.2 Å². The third-order valence-corrected chi connectivity index (χ3v) is 4.23. The van der Waals surface area contributed by atoms with Gasteiger partial charge in [0, 0.05) is 28.1 Å². The molecule has 0 saturated carbocycles. The van der Waals surface area contributed by atoms with Crippen LogP contribution in [0.1, 0.15) is 41.6 Å². The molecule has 0 fully saturated rings. The van der Waals surface area contributed by atoms with Crippen molar-refractivity contribution in [3.8, 4) is 0 Å². The topological polar surface area (TPSA) is 49.8 Å². The summed E-state index contributed by atoms with van der Waals surface area (Å²) < 4.78 is 0. The van der Waals surface area contributed by atoms with Crippen LogP contribution in [-0.2, 0) is 0 Å². The maximum atomic E-state index is 4.55. The first-order valence-corrected chi connectivity index (χ1v) is 7.82. The molecule has 2 heterocycles. The summed E-state index contributed by atoms with van der Waals surface area (Å²) in [6.45, 7) is 9.33. The van der Waals surface area contributed by atoms with E-state index in [1.54, 1.807) is 0 Å². The number of hydrogen-bond acceptors (Lipinski definition) is 5. The standard InChI is InChI=1S/C15H22N4S/c1-5-8-16-15-17-9-10(2)14(19-15)18-12(4)13-7-6-11(3)20-13/h6-7,9,12H,5,8H2,1-4H3,(H2,16,17,18,19). The van der Waals surface area contributed by atoms with Gasteiger partial charge >= 0.3 is 0 Å². The summed E-state index contributed by atoms with van der Waals surface area (Å²) in [7, 11) is 0. The Hall–Kier alpha value is -1.62. The average molecular weight is 290 g/mol. The quantitative estimate of drug-likeness (QED) is 0.839. The predicted molar refractivity (Wildman–Crippen MR) is 86.6 cm³/mol. The zero-order valence-corrected chi connectivity index (χ0v) is 13.3. The van der Waals surface area contributed by atoms with Crippen molar-refractivity contribution in [3.63, 3.8) is 0 Å². The lowest BCUT2D eigenvalue weighted by atomic mass is 10.2. The van der Waals surface area contributed by atoms with Crippen molar-refractivity contribution in [1.82, 2.24) is 9.97 Å². The highest BCUT2D eigenvalue weighted by atomic mass is 32.1. The monoisotopic (exact) mass is 290 g/mol. The normalized spacial score (nSPS) is 12.2. The summed E-state index contributed by atoms with van der Waals surface area (Å²) in [5.41, 5.74) is 1.06. The van der Waals surface area contributed by atoms with Gasteiger partial charge < -0.3 is 10.6 Å².